The molecule has 0 spiro atoms. The summed E-state index contributed by atoms with van der Waals surface area (Å²) in [4.78, 5) is 3.90. The second kappa shape index (κ2) is 6.42. The van der Waals surface area contributed by atoms with Crippen LogP contribution in [0.1, 0.15) is 6.92 Å². The van der Waals surface area contributed by atoms with Crippen LogP contribution in [0.4, 0.5) is 4.39 Å². The van der Waals surface area contributed by atoms with Crippen LogP contribution < -0.4 is 9.47 Å². The lowest BCUT2D eigenvalue weighted by molar-refractivity contribution is 0.0759. The van der Waals surface area contributed by atoms with Gasteiger partial charge in [-0.15, -0.1) is 0 Å². The molecule has 0 amide bonds. The number of sulfonamides is 1. The van der Waals surface area contributed by atoms with Gasteiger partial charge in [0.25, 0.3) is 5.19 Å². The summed E-state index contributed by atoms with van der Waals surface area (Å²) in [5, 5.41) is 2.30. The molecule has 1 saturated heterocycles. The third-order valence-electron chi connectivity index (χ3n) is 3.33. The summed E-state index contributed by atoms with van der Waals surface area (Å²) in [6.45, 7) is 2.48. The van der Waals surface area contributed by atoms with E-state index in [4.69, 9.17) is 9.47 Å². The predicted octanol–water partition coefficient (Wildman–Crippen LogP) is 2.13. The van der Waals surface area contributed by atoms with Crippen LogP contribution in [-0.4, -0.2) is 43.5 Å². The van der Waals surface area contributed by atoms with Crippen LogP contribution in [0.15, 0.2) is 34.7 Å². The van der Waals surface area contributed by atoms with Crippen LogP contribution in [-0.2, 0) is 10.0 Å². The van der Waals surface area contributed by atoms with Gasteiger partial charge in [-0.05, 0) is 25.1 Å². The van der Waals surface area contributed by atoms with E-state index < -0.39 is 15.8 Å². The van der Waals surface area contributed by atoms with Crippen molar-refractivity contribution >= 4 is 21.4 Å². The lowest BCUT2D eigenvalue weighted by Gasteiger charge is -2.37. The first-order valence-corrected chi connectivity index (χ1v) is 9.31. The molecular formula is C14H15FN2O4S2. The van der Waals surface area contributed by atoms with E-state index in [0.29, 0.717) is 11.8 Å². The molecule has 2 heterocycles. The molecule has 3 rings (SSSR count). The third kappa shape index (κ3) is 3.31. The molecule has 0 aliphatic carbocycles. The molecule has 1 aliphatic rings. The number of thiazole rings is 1. The van der Waals surface area contributed by atoms with Gasteiger partial charge in [-0.25, -0.2) is 17.8 Å². The highest BCUT2D eigenvalue weighted by Crippen LogP contribution is 2.28. The van der Waals surface area contributed by atoms with E-state index in [1.807, 2.05) is 0 Å². The van der Waals surface area contributed by atoms with Crippen molar-refractivity contribution in [3.8, 4) is 10.9 Å². The van der Waals surface area contributed by atoms with Gasteiger partial charge in [-0.2, -0.15) is 4.31 Å². The van der Waals surface area contributed by atoms with E-state index in [9.17, 15) is 12.8 Å². The standard InChI is InChI=1S/C14H15FN2O4S2/c1-2-20-13-4-3-11(7-12(13)15)23(18,19)17-8-10(9-17)21-14-16-5-6-22-14/h3-7,10H,2,8-9H2,1H3. The Bertz CT molecular complexity index is 774. The molecule has 9 heteroatoms. The largest absolute Gasteiger partial charge is 0.491 e. The Morgan fingerprint density at radius 3 is 2.83 bits per heavy atom. The minimum absolute atomic E-state index is 0.0417. The average Bonchev–Trinajstić information content (AvgIpc) is 2.97. The molecule has 2 aromatic rings. The molecule has 0 bridgehead atoms. The quantitative estimate of drug-likeness (QED) is 0.791. The molecule has 124 valence electrons. The molecule has 0 radical (unpaired) electrons. The number of benzene rings is 1. The lowest BCUT2D eigenvalue weighted by atomic mass is 10.2. The molecule has 1 aliphatic heterocycles. The first-order valence-electron chi connectivity index (χ1n) is 6.99. The number of nitrogens with zero attached hydrogens (tertiary/aromatic N) is 2. The molecule has 0 atom stereocenters. The van der Waals surface area contributed by atoms with Crippen molar-refractivity contribution in [1.29, 1.82) is 0 Å². The first kappa shape index (κ1) is 16.2. The third-order valence-corrected chi connectivity index (χ3v) is 5.82. The van der Waals surface area contributed by atoms with Gasteiger partial charge < -0.3 is 9.47 Å². The molecular weight excluding hydrogens is 343 g/mol. The molecule has 23 heavy (non-hydrogen) atoms. The average molecular weight is 358 g/mol. The Morgan fingerprint density at radius 1 is 1.43 bits per heavy atom. The summed E-state index contributed by atoms with van der Waals surface area (Å²) in [5.41, 5.74) is 0. The number of hydrogen-bond donors (Lipinski definition) is 0. The van der Waals surface area contributed by atoms with E-state index in [1.54, 1.807) is 18.5 Å². The molecule has 1 aromatic heterocycles. The van der Waals surface area contributed by atoms with Crippen molar-refractivity contribution in [3.05, 3.63) is 35.6 Å². The predicted molar refractivity (Wildman–Crippen MR) is 82.9 cm³/mol. The summed E-state index contributed by atoms with van der Waals surface area (Å²) >= 11 is 1.35. The van der Waals surface area contributed by atoms with Gasteiger partial charge >= 0.3 is 0 Å². The fourth-order valence-electron chi connectivity index (χ4n) is 2.15. The number of aromatic nitrogens is 1. The Morgan fingerprint density at radius 2 is 2.22 bits per heavy atom. The molecule has 1 fully saturated rings. The maximum Gasteiger partial charge on any atom is 0.273 e. The monoisotopic (exact) mass is 358 g/mol. The highest BCUT2D eigenvalue weighted by atomic mass is 32.2. The van der Waals surface area contributed by atoms with Crippen molar-refractivity contribution in [3.63, 3.8) is 0 Å². The summed E-state index contributed by atoms with van der Waals surface area (Å²) in [7, 11) is -3.73. The Balaban J connectivity index is 1.67. The van der Waals surface area contributed by atoms with E-state index in [0.717, 1.165) is 6.07 Å². The first-order chi connectivity index (χ1) is 11.0. The van der Waals surface area contributed by atoms with E-state index in [2.05, 4.69) is 4.98 Å². The van der Waals surface area contributed by atoms with Crippen LogP contribution >= 0.6 is 11.3 Å². The minimum Gasteiger partial charge on any atom is -0.491 e. The van der Waals surface area contributed by atoms with Gasteiger partial charge in [0.05, 0.1) is 24.6 Å². The van der Waals surface area contributed by atoms with Gasteiger partial charge in [0, 0.05) is 11.6 Å². The Hall–Kier alpha value is -1.71. The number of hydrogen-bond acceptors (Lipinski definition) is 6. The van der Waals surface area contributed by atoms with Crippen molar-refractivity contribution in [2.24, 2.45) is 0 Å². The number of ether oxygens (including phenoxy) is 2. The smallest absolute Gasteiger partial charge is 0.273 e. The van der Waals surface area contributed by atoms with E-state index in [1.165, 1.54) is 27.8 Å². The fourth-order valence-corrected chi connectivity index (χ4v) is 4.21. The van der Waals surface area contributed by atoms with Gasteiger partial charge in [-0.3, -0.25) is 0 Å². The van der Waals surface area contributed by atoms with E-state index in [-0.39, 0.29) is 29.8 Å². The molecule has 0 N–H and O–H groups in total. The van der Waals surface area contributed by atoms with Crippen LogP contribution in [0, 0.1) is 5.82 Å². The summed E-state index contributed by atoms with van der Waals surface area (Å²) < 4.78 is 50.6. The van der Waals surface area contributed by atoms with E-state index >= 15 is 0 Å². The second-order valence-electron chi connectivity index (χ2n) is 4.89. The van der Waals surface area contributed by atoms with Crippen molar-refractivity contribution in [2.45, 2.75) is 17.9 Å². The molecule has 0 unspecified atom stereocenters. The SMILES string of the molecule is CCOc1ccc(S(=O)(=O)N2CC(Oc3nccs3)C2)cc1F. The molecule has 1 aromatic carbocycles. The number of rotatable bonds is 6. The van der Waals surface area contributed by atoms with Gasteiger partial charge in [0.1, 0.15) is 6.10 Å². The zero-order chi connectivity index (χ0) is 16.4. The normalized spacial score (nSPS) is 16.1. The summed E-state index contributed by atoms with van der Waals surface area (Å²) in [6, 6.07) is 3.66. The maximum absolute atomic E-state index is 13.8. The minimum atomic E-state index is -3.73. The fraction of sp³-hybridized carbons (Fsp3) is 0.357. The summed E-state index contributed by atoms with van der Waals surface area (Å²) in [6.07, 6.45) is 1.39. The van der Waals surface area contributed by atoms with Gasteiger partial charge in [0.15, 0.2) is 11.6 Å². The lowest BCUT2D eigenvalue weighted by Crippen LogP contribution is -2.55. The van der Waals surface area contributed by atoms with Crippen LogP contribution in [0.3, 0.4) is 0 Å². The van der Waals surface area contributed by atoms with Crippen molar-refractivity contribution < 1.29 is 22.3 Å². The topological polar surface area (TPSA) is 68.7 Å². The summed E-state index contributed by atoms with van der Waals surface area (Å²) in [5.74, 6) is -0.649. The van der Waals surface area contributed by atoms with Crippen LogP contribution in [0.25, 0.3) is 0 Å². The van der Waals surface area contributed by atoms with Crippen molar-refractivity contribution in [1.82, 2.24) is 9.29 Å². The molecule has 6 nitrogen and oxygen atoms in total. The second-order valence-corrected chi connectivity index (χ2v) is 7.68. The highest BCUT2D eigenvalue weighted by Gasteiger charge is 2.38. The van der Waals surface area contributed by atoms with Crippen LogP contribution in [0.5, 0.6) is 10.9 Å². The maximum atomic E-state index is 13.8. The van der Waals surface area contributed by atoms with Crippen LogP contribution in [0.2, 0.25) is 0 Å². The Labute approximate surface area is 137 Å². The number of halogens is 1. The van der Waals surface area contributed by atoms with Gasteiger partial charge in [-0.1, -0.05) is 11.3 Å². The Kier molecular flexibility index (Phi) is 4.51. The zero-order valence-electron chi connectivity index (χ0n) is 12.3. The zero-order valence-corrected chi connectivity index (χ0v) is 13.9. The molecule has 0 saturated carbocycles. The highest BCUT2D eigenvalue weighted by molar-refractivity contribution is 7.89. The van der Waals surface area contributed by atoms with Crippen molar-refractivity contribution in [2.75, 3.05) is 19.7 Å². The van der Waals surface area contributed by atoms with Gasteiger partial charge in [0.2, 0.25) is 10.0 Å².